The molecule has 4 nitrogen and oxygen atoms in total. The van der Waals surface area contributed by atoms with E-state index in [9.17, 15) is 14.4 Å². The van der Waals surface area contributed by atoms with Gasteiger partial charge in [-0.3, -0.25) is 14.4 Å². The minimum Gasteiger partial charge on any atom is -0.469 e. The Balaban J connectivity index is 2.10. The molecule has 136 valence electrons. The lowest BCUT2D eigenvalue weighted by Crippen LogP contribution is -2.52. The first-order valence-corrected chi connectivity index (χ1v) is 9.29. The molecule has 0 aromatic rings. The van der Waals surface area contributed by atoms with Gasteiger partial charge in [-0.05, 0) is 50.5 Å². The molecule has 1 saturated carbocycles. The molecule has 0 saturated heterocycles. The molecule has 1 fully saturated rings. The van der Waals surface area contributed by atoms with Gasteiger partial charge < -0.3 is 4.74 Å². The summed E-state index contributed by atoms with van der Waals surface area (Å²) in [5.74, 6) is -0.108. The van der Waals surface area contributed by atoms with Gasteiger partial charge in [-0.1, -0.05) is 27.2 Å². The zero-order chi connectivity index (χ0) is 18.6. The van der Waals surface area contributed by atoms with Crippen molar-refractivity contribution < 1.29 is 19.1 Å². The summed E-state index contributed by atoms with van der Waals surface area (Å²) in [6, 6.07) is 0. The predicted molar refractivity (Wildman–Crippen MR) is 94.8 cm³/mol. The topological polar surface area (TPSA) is 60.4 Å². The molecule has 0 aromatic heterocycles. The molecule has 0 amide bonds. The third-order valence-corrected chi connectivity index (χ3v) is 6.83. The molecule has 0 radical (unpaired) electrons. The summed E-state index contributed by atoms with van der Waals surface area (Å²) in [5.41, 5.74) is 0.973. The van der Waals surface area contributed by atoms with Crippen molar-refractivity contribution in [1.82, 2.24) is 0 Å². The highest BCUT2D eigenvalue weighted by Gasteiger charge is 2.58. The Hall–Kier alpha value is -1.71. The molecule has 25 heavy (non-hydrogen) atoms. The van der Waals surface area contributed by atoms with E-state index in [1.54, 1.807) is 6.08 Å². The Morgan fingerprint density at radius 3 is 2.52 bits per heavy atom. The summed E-state index contributed by atoms with van der Waals surface area (Å²) >= 11 is 0. The molecule has 0 heterocycles. The Bertz CT molecular complexity index is 711. The van der Waals surface area contributed by atoms with E-state index < -0.39 is 10.8 Å². The van der Waals surface area contributed by atoms with Crippen molar-refractivity contribution in [3.05, 3.63) is 22.8 Å². The second-order valence-electron chi connectivity index (χ2n) is 8.57. The molecule has 3 rings (SSSR count). The van der Waals surface area contributed by atoms with E-state index in [-0.39, 0.29) is 29.4 Å². The van der Waals surface area contributed by atoms with Gasteiger partial charge in [0.05, 0.1) is 12.5 Å². The van der Waals surface area contributed by atoms with Crippen molar-refractivity contribution in [2.45, 2.75) is 59.8 Å². The van der Waals surface area contributed by atoms with Crippen molar-refractivity contribution in [2.75, 3.05) is 7.11 Å². The third kappa shape index (κ3) is 2.44. The molecular weight excluding hydrogens is 316 g/mol. The zero-order valence-electron chi connectivity index (χ0n) is 15.9. The molecule has 3 aliphatic carbocycles. The van der Waals surface area contributed by atoms with E-state index in [0.29, 0.717) is 23.1 Å². The monoisotopic (exact) mass is 344 g/mol. The predicted octanol–water partition coefficient (Wildman–Crippen LogP) is 3.80. The number of carbonyl (C=O) groups excluding carboxylic acids is 3. The lowest BCUT2D eigenvalue weighted by Gasteiger charge is -2.54. The second kappa shape index (κ2) is 5.93. The number of ketones is 2. The molecule has 0 N–H and O–H groups in total. The Labute approximate surface area is 149 Å². The van der Waals surface area contributed by atoms with E-state index in [0.717, 1.165) is 25.7 Å². The standard InChI is InChI=1S/C21H28O4/c1-12(2)14-11-15(22)17-13(18(14)23)7-8-16-20(17,3)9-6-10-21(16,4)19(24)25-5/h11-12,16H,6-10H2,1-5H3/t16-,20+,21+/m1/s1. The van der Waals surface area contributed by atoms with Gasteiger partial charge in [0.15, 0.2) is 11.6 Å². The number of hydrogen-bond acceptors (Lipinski definition) is 4. The van der Waals surface area contributed by atoms with Gasteiger partial charge in [-0.2, -0.15) is 0 Å². The van der Waals surface area contributed by atoms with Crippen molar-refractivity contribution in [1.29, 1.82) is 0 Å². The average molecular weight is 344 g/mol. The Morgan fingerprint density at radius 2 is 1.92 bits per heavy atom. The van der Waals surface area contributed by atoms with Crippen LogP contribution in [0.25, 0.3) is 0 Å². The minimum atomic E-state index is -0.592. The summed E-state index contributed by atoms with van der Waals surface area (Å²) in [6.07, 6.45) is 5.36. The van der Waals surface area contributed by atoms with Gasteiger partial charge in [-0.25, -0.2) is 0 Å². The number of Topliss-reactive ketones (excluding diaryl/α,β-unsaturated/α-hetero) is 1. The minimum absolute atomic E-state index is 0.0281. The average Bonchev–Trinajstić information content (AvgIpc) is 2.56. The van der Waals surface area contributed by atoms with E-state index >= 15 is 0 Å². The Morgan fingerprint density at radius 1 is 1.24 bits per heavy atom. The first-order chi connectivity index (χ1) is 11.7. The van der Waals surface area contributed by atoms with Gasteiger partial charge in [0.25, 0.3) is 0 Å². The SMILES string of the molecule is COC(=O)[C@@]1(C)CCC[C@]2(C)C3=C(CC[C@@H]12)C(=O)C(C(C)C)=CC3=O. The number of carbonyl (C=O) groups is 3. The molecule has 0 aliphatic heterocycles. The van der Waals surface area contributed by atoms with Crippen LogP contribution >= 0.6 is 0 Å². The van der Waals surface area contributed by atoms with Crippen LogP contribution in [0.2, 0.25) is 0 Å². The van der Waals surface area contributed by atoms with Crippen LogP contribution in [0.1, 0.15) is 59.8 Å². The van der Waals surface area contributed by atoms with Gasteiger partial charge >= 0.3 is 5.97 Å². The summed E-state index contributed by atoms with van der Waals surface area (Å²) in [6.45, 7) is 7.94. The first-order valence-electron chi connectivity index (χ1n) is 9.29. The van der Waals surface area contributed by atoms with Crippen molar-refractivity contribution in [3.63, 3.8) is 0 Å². The highest BCUT2D eigenvalue weighted by molar-refractivity contribution is 6.23. The van der Waals surface area contributed by atoms with Crippen LogP contribution in [0.4, 0.5) is 0 Å². The van der Waals surface area contributed by atoms with Crippen LogP contribution in [0.5, 0.6) is 0 Å². The largest absolute Gasteiger partial charge is 0.469 e. The number of rotatable bonds is 2. The molecule has 0 unspecified atom stereocenters. The Kier molecular flexibility index (Phi) is 4.29. The normalized spacial score (nSPS) is 35.3. The zero-order valence-corrected chi connectivity index (χ0v) is 15.9. The number of methoxy groups -OCH3 is 1. The van der Waals surface area contributed by atoms with Crippen LogP contribution in [-0.2, 0) is 19.1 Å². The fourth-order valence-electron chi connectivity index (χ4n) is 5.59. The third-order valence-electron chi connectivity index (χ3n) is 6.83. The molecule has 3 atom stereocenters. The van der Waals surface area contributed by atoms with E-state index in [1.807, 2.05) is 20.8 Å². The number of allylic oxidation sites excluding steroid dienone is 4. The highest BCUT2D eigenvalue weighted by atomic mass is 16.5. The number of fused-ring (bicyclic) bond motifs is 2. The van der Waals surface area contributed by atoms with Gasteiger partial charge in [0.1, 0.15) is 0 Å². The van der Waals surface area contributed by atoms with Crippen LogP contribution in [-0.4, -0.2) is 24.6 Å². The van der Waals surface area contributed by atoms with E-state index in [2.05, 4.69) is 6.92 Å². The van der Waals surface area contributed by atoms with Crippen molar-refractivity contribution in [3.8, 4) is 0 Å². The van der Waals surface area contributed by atoms with Crippen LogP contribution in [0, 0.1) is 22.7 Å². The molecule has 0 spiro atoms. The molecule has 0 bridgehead atoms. The van der Waals surface area contributed by atoms with E-state index in [4.69, 9.17) is 4.74 Å². The second-order valence-corrected chi connectivity index (χ2v) is 8.57. The molecule has 0 aromatic carbocycles. The maximum atomic E-state index is 13.0. The molecule has 3 aliphatic rings. The fraction of sp³-hybridized carbons (Fsp3) is 0.667. The number of esters is 1. The lowest BCUT2D eigenvalue weighted by molar-refractivity contribution is -0.163. The number of ether oxygens (including phenoxy) is 1. The summed E-state index contributed by atoms with van der Waals surface area (Å²) in [4.78, 5) is 38.5. The van der Waals surface area contributed by atoms with Crippen LogP contribution in [0.15, 0.2) is 22.8 Å². The van der Waals surface area contributed by atoms with Crippen LogP contribution in [0.3, 0.4) is 0 Å². The van der Waals surface area contributed by atoms with Crippen molar-refractivity contribution >= 4 is 17.5 Å². The van der Waals surface area contributed by atoms with Gasteiger partial charge in [0.2, 0.25) is 0 Å². The van der Waals surface area contributed by atoms with Crippen LogP contribution < -0.4 is 0 Å². The lowest BCUT2D eigenvalue weighted by atomic mass is 9.48. The number of hydrogen-bond donors (Lipinski definition) is 0. The molecule has 4 heteroatoms. The van der Waals surface area contributed by atoms with Gasteiger partial charge in [-0.15, -0.1) is 0 Å². The summed E-state index contributed by atoms with van der Waals surface area (Å²) < 4.78 is 5.10. The highest BCUT2D eigenvalue weighted by Crippen LogP contribution is 2.61. The van der Waals surface area contributed by atoms with Crippen molar-refractivity contribution in [2.24, 2.45) is 22.7 Å². The summed E-state index contributed by atoms with van der Waals surface area (Å²) in [7, 11) is 1.43. The quantitative estimate of drug-likeness (QED) is 0.565. The van der Waals surface area contributed by atoms with Gasteiger partial charge in [0, 0.05) is 22.1 Å². The first kappa shape index (κ1) is 18.1. The fourth-order valence-corrected chi connectivity index (χ4v) is 5.59. The smallest absolute Gasteiger partial charge is 0.311 e. The van der Waals surface area contributed by atoms with E-state index in [1.165, 1.54) is 7.11 Å². The maximum absolute atomic E-state index is 13.0. The maximum Gasteiger partial charge on any atom is 0.311 e. The summed E-state index contributed by atoms with van der Waals surface area (Å²) in [5, 5.41) is 0. The molecular formula is C21H28O4.